The molecule has 0 aromatic heterocycles. The van der Waals surface area contributed by atoms with E-state index in [1.807, 2.05) is 12.1 Å². The third-order valence-electron chi connectivity index (χ3n) is 6.42. The van der Waals surface area contributed by atoms with E-state index in [9.17, 15) is 29.4 Å². The summed E-state index contributed by atoms with van der Waals surface area (Å²) in [7, 11) is -7.60. The lowest BCUT2D eigenvalue weighted by molar-refractivity contribution is -0.384. The molecule has 0 radical (unpaired) electrons. The maximum atomic E-state index is 14.8. The maximum absolute atomic E-state index is 14.8. The monoisotopic (exact) mass is 584 g/mol. The van der Waals surface area contributed by atoms with Gasteiger partial charge in [-0.2, -0.15) is 0 Å². The number of hydrogen-bond acceptors (Lipinski definition) is 7. The standard InChI is InChI=1S/C30H22N2O7P2/c33-31(34)23-10-7-18-29(20-23)41(38,30-19-8-11-24(21-30)32(35)36)39-25-12-9-17-28(22-25)40(37,26-13-3-1-4-14-26)27-15-5-2-6-16-27/h1-22H. The molecule has 0 aliphatic carbocycles. The van der Waals surface area contributed by atoms with Crippen molar-refractivity contribution in [2.75, 3.05) is 0 Å². The highest BCUT2D eigenvalue weighted by atomic mass is 31.2. The van der Waals surface area contributed by atoms with E-state index in [0.29, 0.717) is 15.9 Å². The summed E-state index contributed by atoms with van der Waals surface area (Å²) in [5.41, 5.74) is -0.633. The molecule has 0 heterocycles. The Balaban J connectivity index is 1.67. The van der Waals surface area contributed by atoms with Gasteiger partial charge in [-0.25, -0.2) is 0 Å². The second-order valence-electron chi connectivity index (χ2n) is 8.97. The zero-order valence-electron chi connectivity index (χ0n) is 21.3. The Labute approximate surface area is 235 Å². The fourth-order valence-corrected chi connectivity index (χ4v) is 9.21. The lowest BCUT2D eigenvalue weighted by Gasteiger charge is -2.23. The van der Waals surface area contributed by atoms with Crippen LogP contribution in [0.5, 0.6) is 5.75 Å². The van der Waals surface area contributed by atoms with Crippen LogP contribution in [0.2, 0.25) is 0 Å². The molecule has 0 fully saturated rings. The summed E-state index contributed by atoms with van der Waals surface area (Å²) in [4.78, 5) is 21.7. The Kier molecular flexibility index (Phi) is 7.66. The van der Waals surface area contributed by atoms with E-state index in [0.717, 1.165) is 12.1 Å². The molecular formula is C30H22N2O7P2. The van der Waals surface area contributed by atoms with Gasteiger partial charge in [0.15, 0.2) is 7.14 Å². The number of rotatable bonds is 9. The van der Waals surface area contributed by atoms with E-state index in [-0.39, 0.29) is 27.7 Å². The smallest absolute Gasteiger partial charge is 0.307 e. The van der Waals surface area contributed by atoms with Crippen molar-refractivity contribution in [3.05, 3.63) is 154 Å². The lowest BCUT2D eigenvalue weighted by Crippen LogP contribution is -2.25. The first-order valence-electron chi connectivity index (χ1n) is 12.3. The molecule has 0 saturated carbocycles. The van der Waals surface area contributed by atoms with Crippen molar-refractivity contribution in [3.8, 4) is 5.75 Å². The van der Waals surface area contributed by atoms with Crippen LogP contribution in [-0.4, -0.2) is 9.85 Å². The fraction of sp³-hybridized carbons (Fsp3) is 0. The normalized spacial score (nSPS) is 11.5. The maximum Gasteiger partial charge on any atom is 0.307 e. The average Bonchev–Trinajstić information content (AvgIpc) is 3.01. The summed E-state index contributed by atoms with van der Waals surface area (Å²) < 4.78 is 35.7. The quantitative estimate of drug-likeness (QED) is 0.128. The Hall–Kier alpha value is -4.84. The minimum absolute atomic E-state index is 0.0214. The summed E-state index contributed by atoms with van der Waals surface area (Å²) >= 11 is 0. The van der Waals surface area contributed by atoms with Gasteiger partial charge in [0.1, 0.15) is 5.75 Å². The Morgan fingerprint density at radius 3 is 1.37 bits per heavy atom. The first-order valence-corrected chi connectivity index (χ1v) is 15.7. The fourth-order valence-electron chi connectivity index (χ4n) is 4.44. The average molecular weight is 584 g/mol. The molecule has 9 nitrogen and oxygen atoms in total. The molecule has 0 aliphatic heterocycles. The molecule has 0 unspecified atom stereocenters. The zero-order valence-corrected chi connectivity index (χ0v) is 23.1. The summed E-state index contributed by atoms with van der Waals surface area (Å²) in [6.07, 6.45) is 0. The van der Waals surface area contributed by atoms with Gasteiger partial charge in [0, 0.05) is 40.2 Å². The highest BCUT2D eigenvalue weighted by molar-refractivity contribution is 7.85. The highest BCUT2D eigenvalue weighted by Crippen LogP contribution is 2.48. The van der Waals surface area contributed by atoms with Crippen molar-refractivity contribution in [2.24, 2.45) is 0 Å². The van der Waals surface area contributed by atoms with Crippen LogP contribution < -0.4 is 31.0 Å². The van der Waals surface area contributed by atoms with Crippen LogP contribution in [0.4, 0.5) is 11.4 Å². The van der Waals surface area contributed by atoms with E-state index in [4.69, 9.17) is 4.52 Å². The highest BCUT2D eigenvalue weighted by Gasteiger charge is 2.35. The summed E-state index contributed by atoms with van der Waals surface area (Å²) in [6, 6.07) is 34.6. The van der Waals surface area contributed by atoms with Crippen molar-refractivity contribution >= 4 is 52.4 Å². The van der Waals surface area contributed by atoms with Crippen LogP contribution in [-0.2, 0) is 9.13 Å². The summed E-state index contributed by atoms with van der Waals surface area (Å²) in [6.45, 7) is 0. The SMILES string of the molecule is O=[N+]([O-])c1cccc(P(=O)(Oc2cccc(P(=O)(c3ccccc3)c3ccccc3)c2)c2cccc([N+](=O)[O-])c2)c1. The van der Waals surface area contributed by atoms with Gasteiger partial charge in [-0.15, -0.1) is 0 Å². The van der Waals surface area contributed by atoms with Crippen LogP contribution in [0.3, 0.4) is 0 Å². The van der Waals surface area contributed by atoms with Crippen LogP contribution in [0, 0.1) is 20.2 Å². The predicted molar refractivity (Wildman–Crippen MR) is 160 cm³/mol. The van der Waals surface area contributed by atoms with Gasteiger partial charge in [-0.1, -0.05) is 84.9 Å². The molecule has 0 aliphatic rings. The van der Waals surface area contributed by atoms with E-state index in [1.165, 1.54) is 48.5 Å². The minimum Gasteiger partial charge on any atom is -0.437 e. The number of benzene rings is 5. The van der Waals surface area contributed by atoms with Crippen molar-refractivity contribution in [1.29, 1.82) is 0 Å². The molecule has 0 bridgehead atoms. The molecule has 0 spiro atoms. The molecule has 5 aromatic rings. The first kappa shape index (κ1) is 27.7. The Morgan fingerprint density at radius 2 is 0.902 bits per heavy atom. The molecule has 0 N–H and O–H groups in total. The number of nitrogens with zero attached hydrogens (tertiary/aromatic N) is 2. The predicted octanol–water partition coefficient (Wildman–Crippen LogP) is 5.45. The third-order valence-corrected chi connectivity index (χ3v) is 11.9. The van der Waals surface area contributed by atoms with Crippen molar-refractivity contribution < 1.29 is 23.5 Å². The topological polar surface area (TPSA) is 130 Å². The van der Waals surface area contributed by atoms with Gasteiger partial charge in [0.2, 0.25) is 0 Å². The van der Waals surface area contributed by atoms with Crippen molar-refractivity contribution in [3.63, 3.8) is 0 Å². The molecule has 0 atom stereocenters. The van der Waals surface area contributed by atoms with Gasteiger partial charge in [0.25, 0.3) is 11.4 Å². The molecule has 11 heteroatoms. The minimum atomic E-state index is -4.19. The molecule has 204 valence electrons. The molecule has 41 heavy (non-hydrogen) atoms. The second-order valence-corrected chi connectivity index (χ2v) is 14.1. The van der Waals surface area contributed by atoms with Gasteiger partial charge >= 0.3 is 7.37 Å². The van der Waals surface area contributed by atoms with Gasteiger partial charge < -0.3 is 9.09 Å². The van der Waals surface area contributed by atoms with Crippen LogP contribution in [0.1, 0.15) is 0 Å². The molecular weight excluding hydrogens is 562 g/mol. The van der Waals surface area contributed by atoms with E-state index in [1.54, 1.807) is 60.7 Å². The van der Waals surface area contributed by atoms with Crippen LogP contribution >= 0.6 is 14.5 Å². The zero-order chi connectivity index (χ0) is 29.0. The summed E-state index contributed by atoms with van der Waals surface area (Å²) in [5.74, 6) is 0.0796. The van der Waals surface area contributed by atoms with Crippen LogP contribution in [0.15, 0.2) is 133 Å². The molecule has 5 aromatic carbocycles. The molecule has 0 amide bonds. The lowest BCUT2D eigenvalue weighted by atomic mass is 10.3. The van der Waals surface area contributed by atoms with Crippen LogP contribution in [0.25, 0.3) is 0 Å². The molecule has 5 rings (SSSR count). The second kappa shape index (κ2) is 11.3. The Bertz CT molecular complexity index is 1740. The first-order chi connectivity index (χ1) is 19.7. The summed E-state index contributed by atoms with van der Waals surface area (Å²) in [5, 5.41) is 24.5. The largest absolute Gasteiger partial charge is 0.437 e. The molecule has 0 saturated heterocycles. The Morgan fingerprint density at radius 1 is 0.488 bits per heavy atom. The number of nitro groups is 2. The van der Waals surface area contributed by atoms with Gasteiger partial charge in [-0.3, -0.25) is 24.8 Å². The van der Waals surface area contributed by atoms with Crippen molar-refractivity contribution in [1.82, 2.24) is 0 Å². The van der Waals surface area contributed by atoms with Crippen molar-refractivity contribution in [2.45, 2.75) is 0 Å². The van der Waals surface area contributed by atoms with E-state index < -0.39 is 24.4 Å². The number of hydrogen-bond donors (Lipinski definition) is 0. The number of nitro benzene ring substituents is 2. The van der Waals surface area contributed by atoms with Gasteiger partial charge in [0.05, 0.1) is 20.5 Å². The van der Waals surface area contributed by atoms with E-state index >= 15 is 0 Å². The van der Waals surface area contributed by atoms with E-state index in [2.05, 4.69) is 0 Å². The third kappa shape index (κ3) is 5.46. The van der Waals surface area contributed by atoms with Gasteiger partial charge in [-0.05, 0) is 24.3 Å². The number of non-ortho nitro benzene ring substituents is 2.